The lowest BCUT2D eigenvalue weighted by atomic mass is 10.3. The van der Waals surface area contributed by atoms with Crippen molar-refractivity contribution in [1.82, 2.24) is 0 Å². The molecule has 84 valence electrons. The van der Waals surface area contributed by atoms with Crippen LogP contribution in [0.4, 0.5) is 4.39 Å². The van der Waals surface area contributed by atoms with Crippen molar-refractivity contribution >= 4 is 23.1 Å². The quantitative estimate of drug-likeness (QED) is 0.841. The predicted molar refractivity (Wildman–Crippen MR) is 68.4 cm³/mol. The Labute approximate surface area is 102 Å². The molecule has 0 spiro atoms. The van der Waals surface area contributed by atoms with E-state index in [1.807, 2.05) is 17.5 Å². The first-order chi connectivity index (χ1) is 7.75. The third kappa shape index (κ3) is 3.07. The summed E-state index contributed by atoms with van der Waals surface area (Å²) in [6.07, 6.45) is 0. The van der Waals surface area contributed by atoms with Gasteiger partial charge >= 0.3 is 0 Å². The van der Waals surface area contributed by atoms with Crippen LogP contribution in [0.1, 0.15) is 10.9 Å². The normalized spacial score (nSPS) is 12.6. The summed E-state index contributed by atoms with van der Waals surface area (Å²) in [6.45, 7) is 0. The zero-order valence-electron chi connectivity index (χ0n) is 8.60. The van der Waals surface area contributed by atoms with Gasteiger partial charge in [0.25, 0.3) is 0 Å². The third-order valence-corrected chi connectivity index (χ3v) is 4.29. The lowest BCUT2D eigenvalue weighted by Crippen LogP contribution is -2.10. The summed E-state index contributed by atoms with van der Waals surface area (Å²) in [7, 11) is 0. The van der Waals surface area contributed by atoms with Crippen molar-refractivity contribution in [2.75, 3.05) is 5.75 Å². The first-order valence-electron chi connectivity index (χ1n) is 4.93. The van der Waals surface area contributed by atoms with Gasteiger partial charge < -0.3 is 5.73 Å². The molecule has 2 N–H and O–H groups in total. The van der Waals surface area contributed by atoms with E-state index in [1.54, 1.807) is 35.2 Å². The van der Waals surface area contributed by atoms with Crippen LogP contribution in [0.25, 0.3) is 0 Å². The van der Waals surface area contributed by atoms with Crippen molar-refractivity contribution in [3.8, 4) is 0 Å². The van der Waals surface area contributed by atoms with Crippen molar-refractivity contribution in [1.29, 1.82) is 0 Å². The van der Waals surface area contributed by atoms with E-state index in [9.17, 15) is 4.39 Å². The van der Waals surface area contributed by atoms with Gasteiger partial charge in [0.1, 0.15) is 5.82 Å². The summed E-state index contributed by atoms with van der Waals surface area (Å²) in [5.41, 5.74) is 6.03. The molecule has 1 aromatic carbocycles. The van der Waals surface area contributed by atoms with E-state index in [0.717, 1.165) is 10.6 Å². The third-order valence-electron chi connectivity index (χ3n) is 2.15. The van der Waals surface area contributed by atoms with Crippen molar-refractivity contribution in [3.05, 3.63) is 52.5 Å². The van der Waals surface area contributed by atoms with E-state index in [4.69, 9.17) is 5.73 Å². The molecular formula is C12H12FNS2. The van der Waals surface area contributed by atoms with Crippen molar-refractivity contribution < 1.29 is 4.39 Å². The summed E-state index contributed by atoms with van der Waals surface area (Å²) < 4.78 is 12.7. The van der Waals surface area contributed by atoms with Crippen LogP contribution in [0.2, 0.25) is 0 Å². The second-order valence-corrected chi connectivity index (χ2v) is 5.46. The highest BCUT2D eigenvalue weighted by Crippen LogP contribution is 2.25. The van der Waals surface area contributed by atoms with Gasteiger partial charge in [0.15, 0.2) is 0 Å². The van der Waals surface area contributed by atoms with Crippen LogP contribution < -0.4 is 5.73 Å². The molecular weight excluding hydrogens is 241 g/mol. The molecule has 2 rings (SSSR count). The van der Waals surface area contributed by atoms with Crippen molar-refractivity contribution in [2.45, 2.75) is 10.9 Å². The van der Waals surface area contributed by atoms with Crippen LogP contribution in [0, 0.1) is 5.82 Å². The highest BCUT2D eigenvalue weighted by molar-refractivity contribution is 7.99. The zero-order valence-corrected chi connectivity index (χ0v) is 10.2. The molecule has 1 atom stereocenters. The van der Waals surface area contributed by atoms with Crippen molar-refractivity contribution in [3.63, 3.8) is 0 Å². The largest absolute Gasteiger partial charge is 0.323 e. The molecule has 0 radical (unpaired) electrons. The number of thiophene rings is 1. The minimum atomic E-state index is -0.202. The standard InChI is InChI=1S/C12H12FNS2/c13-9-3-5-10(6-4-9)16-8-11(14)12-2-1-7-15-12/h1-7,11H,8,14H2. The molecule has 0 saturated carbocycles. The summed E-state index contributed by atoms with van der Waals surface area (Å²) >= 11 is 3.32. The second kappa shape index (κ2) is 5.48. The van der Waals surface area contributed by atoms with Gasteiger partial charge in [0, 0.05) is 21.6 Å². The maximum Gasteiger partial charge on any atom is 0.123 e. The van der Waals surface area contributed by atoms with Gasteiger partial charge in [0.05, 0.1) is 0 Å². The SMILES string of the molecule is NC(CSc1ccc(F)cc1)c1cccs1. The molecule has 1 aromatic heterocycles. The molecule has 1 nitrogen and oxygen atoms in total. The first kappa shape index (κ1) is 11.6. The van der Waals surface area contributed by atoms with E-state index in [-0.39, 0.29) is 11.9 Å². The number of rotatable bonds is 4. The number of hydrogen-bond acceptors (Lipinski definition) is 3. The van der Waals surface area contributed by atoms with Gasteiger partial charge in [-0.3, -0.25) is 0 Å². The van der Waals surface area contributed by atoms with Crippen LogP contribution >= 0.6 is 23.1 Å². The molecule has 1 unspecified atom stereocenters. The first-order valence-corrected chi connectivity index (χ1v) is 6.79. The van der Waals surface area contributed by atoms with Crippen LogP contribution in [-0.4, -0.2) is 5.75 Å². The average Bonchev–Trinajstić information content (AvgIpc) is 2.81. The lowest BCUT2D eigenvalue weighted by molar-refractivity contribution is 0.626. The smallest absolute Gasteiger partial charge is 0.123 e. The number of halogens is 1. The van der Waals surface area contributed by atoms with Gasteiger partial charge in [-0.05, 0) is 35.7 Å². The fourth-order valence-corrected chi connectivity index (χ4v) is 3.02. The molecule has 0 amide bonds. The van der Waals surface area contributed by atoms with Crippen LogP contribution in [-0.2, 0) is 0 Å². The maximum absolute atomic E-state index is 12.7. The molecule has 0 saturated heterocycles. The Morgan fingerprint density at radius 2 is 2.00 bits per heavy atom. The molecule has 1 heterocycles. The average molecular weight is 253 g/mol. The number of benzene rings is 1. The Kier molecular flexibility index (Phi) is 3.98. The number of thioether (sulfide) groups is 1. The van der Waals surface area contributed by atoms with E-state index < -0.39 is 0 Å². The summed E-state index contributed by atoms with van der Waals surface area (Å²) in [5, 5.41) is 2.03. The van der Waals surface area contributed by atoms with Gasteiger partial charge in [-0.2, -0.15) is 0 Å². The summed E-state index contributed by atoms with van der Waals surface area (Å²) in [6, 6.07) is 10.6. The van der Waals surface area contributed by atoms with E-state index >= 15 is 0 Å². The Hall–Kier alpha value is -0.840. The highest BCUT2D eigenvalue weighted by atomic mass is 32.2. The van der Waals surface area contributed by atoms with Crippen LogP contribution in [0.3, 0.4) is 0 Å². The van der Waals surface area contributed by atoms with E-state index in [2.05, 4.69) is 0 Å². The predicted octanol–water partition coefficient (Wildman–Crippen LogP) is 3.68. The molecule has 0 aliphatic heterocycles. The molecule has 16 heavy (non-hydrogen) atoms. The fourth-order valence-electron chi connectivity index (χ4n) is 1.30. The molecule has 2 aromatic rings. The topological polar surface area (TPSA) is 26.0 Å². The van der Waals surface area contributed by atoms with Crippen LogP contribution in [0.15, 0.2) is 46.7 Å². The zero-order chi connectivity index (χ0) is 11.4. The minimum absolute atomic E-state index is 0.0510. The molecule has 0 aliphatic carbocycles. The maximum atomic E-state index is 12.7. The van der Waals surface area contributed by atoms with Gasteiger partial charge in [0.2, 0.25) is 0 Å². The Balaban J connectivity index is 1.90. The van der Waals surface area contributed by atoms with Gasteiger partial charge in [-0.25, -0.2) is 4.39 Å². The summed E-state index contributed by atoms with van der Waals surface area (Å²) in [4.78, 5) is 2.24. The Morgan fingerprint density at radius 3 is 2.62 bits per heavy atom. The van der Waals surface area contributed by atoms with Crippen LogP contribution in [0.5, 0.6) is 0 Å². The minimum Gasteiger partial charge on any atom is -0.323 e. The van der Waals surface area contributed by atoms with E-state index in [0.29, 0.717) is 0 Å². The van der Waals surface area contributed by atoms with E-state index in [1.165, 1.54) is 17.0 Å². The van der Waals surface area contributed by atoms with Gasteiger partial charge in [-0.15, -0.1) is 23.1 Å². The Morgan fingerprint density at radius 1 is 1.25 bits per heavy atom. The van der Waals surface area contributed by atoms with Crippen molar-refractivity contribution in [2.24, 2.45) is 5.73 Å². The Bertz CT molecular complexity index is 425. The molecule has 0 bridgehead atoms. The monoisotopic (exact) mass is 253 g/mol. The molecule has 0 aliphatic rings. The second-order valence-electron chi connectivity index (χ2n) is 3.39. The van der Waals surface area contributed by atoms with Gasteiger partial charge in [-0.1, -0.05) is 6.07 Å². The molecule has 4 heteroatoms. The highest BCUT2D eigenvalue weighted by Gasteiger charge is 2.07. The number of hydrogen-bond donors (Lipinski definition) is 1. The number of nitrogens with two attached hydrogens (primary N) is 1. The summed E-state index contributed by atoms with van der Waals surface area (Å²) in [5.74, 6) is 0.610. The molecule has 0 fully saturated rings. The lowest BCUT2D eigenvalue weighted by Gasteiger charge is -2.08. The fraction of sp³-hybridized carbons (Fsp3) is 0.167.